The molecule has 0 spiro atoms. The molecule has 0 aliphatic heterocycles. The van der Waals surface area contributed by atoms with Gasteiger partial charge in [0.2, 0.25) is 0 Å². The molecule has 0 bridgehead atoms. The van der Waals surface area contributed by atoms with E-state index in [0.717, 1.165) is 83.5 Å². The second-order valence-electron chi connectivity index (χ2n) is 19.5. The van der Waals surface area contributed by atoms with Crippen LogP contribution in [0.1, 0.15) is 303 Å². The normalized spacial score (nSPS) is 12.3. The minimum absolute atomic E-state index is 0.0681. The second-order valence-corrected chi connectivity index (χ2v) is 19.5. The Bertz CT molecular complexity index is 1170. The molecular weight excluding hydrogens is 829 g/mol. The molecular formula is C61H110O6. The summed E-state index contributed by atoms with van der Waals surface area (Å²) in [6.07, 6.45) is 68.4. The van der Waals surface area contributed by atoms with Gasteiger partial charge in [-0.2, -0.15) is 0 Å². The lowest BCUT2D eigenvalue weighted by atomic mass is 10.0. The van der Waals surface area contributed by atoms with Crippen LogP contribution in [0.4, 0.5) is 0 Å². The van der Waals surface area contributed by atoms with Crippen molar-refractivity contribution in [3.63, 3.8) is 0 Å². The summed E-state index contributed by atoms with van der Waals surface area (Å²) in [7, 11) is 0. The molecule has 1 atom stereocenters. The Labute approximate surface area is 416 Å². The fourth-order valence-corrected chi connectivity index (χ4v) is 8.49. The van der Waals surface area contributed by atoms with E-state index in [1.807, 2.05) is 0 Å². The summed E-state index contributed by atoms with van der Waals surface area (Å²) in [4.78, 5) is 38.0. The van der Waals surface area contributed by atoms with Crippen LogP contribution in [-0.4, -0.2) is 37.2 Å². The highest BCUT2D eigenvalue weighted by Crippen LogP contribution is 2.17. The number of ether oxygens (including phenoxy) is 3. The van der Waals surface area contributed by atoms with Gasteiger partial charge in [0.05, 0.1) is 0 Å². The predicted molar refractivity (Wildman–Crippen MR) is 289 cm³/mol. The average Bonchev–Trinajstić information content (AvgIpc) is 3.33. The largest absolute Gasteiger partial charge is 0.462 e. The molecule has 0 saturated carbocycles. The van der Waals surface area contributed by atoms with Gasteiger partial charge >= 0.3 is 17.9 Å². The molecule has 67 heavy (non-hydrogen) atoms. The van der Waals surface area contributed by atoms with E-state index in [9.17, 15) is 14.4 Å². The summed E-state index contributed by atoms with van der Waals surface area (Å²) in [5, 5.41) is 0. The van der Waals surface area contributed by atoms with Crippen LogP contribution in [-0.2, 0) is 28.6 Å². The van der Waals surface area contributed by atoms with Crippen molar-refractivity contribution in [1.82, 2.24) is 0 Å². The lowest BCUT2D eigenvalue weighted by Crippen LogP contribution is -2.30. The molecule has 0 aliphatic rings. The predicted octanol–water partition coefficient (Wildman–Crippen LogP) is 19.4. The number of hydrogen-bond donors (Lipinski definition) is 0. The Balaban J connectivity index is 4.10. The Kier molecular flexibility index (Phi) is 53.8. The number of carbonyl (C=O) groups is 3. The summed E-state index contributed by atoms with van der Waals surface area (Å²) < 4.78 is 16.8. The van der Waals surface area contributed by atoms with E-state index < -0.39 is 6.10 Å². The Morgan fingerprint density at radius 1 is 0.313 bits per heavy atom. The number of rotatable bonds is 53. The maximum Gasteiger partial charge on any atom is 0.306 e. The number of unbranched alkanes of at least 4 members (excludes halogenated alkanes) is 34. The molecule has 0 fully saturated rings. The topological polar surface area (TPSA) is 78.9 Å². The quantitative estimate of drug-likeness (QED) is 0.0262. The van der Waals surface area contributed by atoms with Gasteiger partial charge in [-0.15, -0.1) is 0 Å². The van der Waals surface area contributed by atoms with E-state index in [4.69, 9.17) is 14.2 Å². The van der Waals surface area contributed by atoms with Crippen LogP contribution in [0.15, 0.2) is 48.6 Å². The van der Waals surface area contributed by atoms with E-state index in [1.165, 1.54) is 180 Å². The van der Waals surface area contributed by atoms with Gasteiger partial charge in [0.25, 0.3) is 0 Å². The lowest BCUT2D eigenvalue weighted by molar-refractivity contribution is -0.167. The van der Waals surface area contributed by atoms with Crippen molar-refractivity contribution in [2.45, 2.75) is 309 Å². The molecule has 6 nitrogen and oxygen atoms in total. The van der Waals surface area contributed by atoms with E-state index in [2.05, 4.69) is 69.4 Å². The highest BCUT2D eigenvalue weighted by atomic mass is 16.6. The zero-order chi connectivity index (χ0) is 48.6. The van der Waals surface area contributed by atoms with Crippen LogP contribution in [0.3, 0.4) is 0 Å². The van der Waals surface area contributed by atoms with Crippen LogP contribution in [0.5, 0.6) is 0 Å². The molecule has 0 radical (unpaired) electrons. The fourth-order valence-electron chi connectivity index (χ4n) is 8.49. The number of hydrogen-bond acceptors (Lipinski definition) is 6. The van der Waals surface area contributed by atoms with Gasteiger partial charge < -0.3 is 14.2 Å². The standard InChI is InChI=1S/C61H110O6/c1-4-7-10-13-16-19-21-23-25-26-27-28-29-30-31-32-33-34-35-36-37-39-40-42-45-48-51-54-60(63)66-57-58(56-65-59(62)53-50-47-44-18-15-12-9-6-3)67-61(64)55-52-49-46-43-41-38-24-22-20-17-14-11-8-5-2/h7,10,16,19,23,25,27-28,58H,4-6,8-9,11-15,17-18,20-22,24,26,29-57H2,1-3H3/b10-7-,19-16-,25-23-,28-27-. The van der Waals surface area contributed by atoms with E-state index >= 15 is 0 Å². The first-order valence-electron chi connectivity index (χ1n) is 29.1. The Hall–Kier alpha value is -2.63. The highest BCUT2D eigenvalue weighted by molar-refractivity contribution is 5.71. The first-order chi connectivity index (χ1) is 33.0. The third kappa shape index (κ3) is 54.2. The fraction of sp³-hybridized carbons (Fsp3) is 0.820. The van der Waals surface area contributed by atoms with Crippen LogP contribution >= 0.6 is 0 Å². The van der Waals surface area contributed by atoms with Crippen LogP contribution in [0.2, 0.25) is 0 Å². The molecule has 0 aromatic rings. The number of carbonyl (C=O) groups excluding carboxylic acids is 3. The van der Waals surface area contributed by atoms with Crippen molar-refractivity contribution in [1.29, 1.82) is 0 Å². The zero-order valence-electron chi connectivity index (χ0n) is 44.7. The van der Waals surface area contributed by atoms with Crippen molar-refractivity contribution in [2.24, 2.45) is 0 Å². The highest BCUT2D eigenvalue weighted by Gasteiger charge is 2.19. The molecule has 0 N–H and O–H groups in total. The van der Waals surface area contributed by atoms with Gasteiger partial charge in [0.1, 0.15) is 13.2 Å². The molecule has 0 rings (SSSR count). The SMILES string of the molecule is CC/C=C\C/C=C\C/C=C\C/C=C\CCCCCCCCCCCCCCCCC(=O)OCC(COC(=O)CCCCCCCCCC)OC(=O)CCCCCCCCCCCCCCCC. The molecule has 0 aromatic carbocycles. The summed E-state index contributed by atoms with van der Waals surface area (Å²) in [6.45, 7) is 6.53. The van der Waals surface area contributed by atoms with E-state index in [1.54, 1.807) is 0 Å². The van der Waals surface area contributed by atoms with Crippen molar-refractivity contribution in [3.8, 4) is 0 Å². The van der Waals surface area contributed by atoms with Gasteiger partial charge in [-0.05, 0) is 57.8 Å². The Morgan fingerprint density at radius 2 is 0.582 bits per heavy atom. The maximum atomic E-state index is 12.8. The van der Waals surface area contributed by atoms with Gasteiger partial charge in [-0.3, -0.25) is 14.4 Å². The van der Waals surface area contributed by atoms with Crippen molar-refractivity contribution in [3.05, 3.63) is 48.6 Å². The number of esters is 3. The summed E-state index contributed by atoms with van der Waals surface area (Å²) in [5.74, 6) is -0.858. The third-order valence-electron chi connectivity index (χ3n) is 12.8. The smallest absolute Gasteiger partial charge is 0.306 e. The molecule has 1 unspecified atom stereocenters. The van der Waals surface area contributed by atoms with Crippen LogP contribution in [0.25, 0.3) is 0 Å². The first-order valence-corrected chi connectivity index (χ1v) is 29.1. The third-order valence-corrected chi connectivity index (χ3v) is 12.8. The summed E-state index contributed by atoms with van der Waals surface area (Å²) >= 11 is 0. The minimum Gasteiger partial charge on any atom is -0.462 e. The molecule has 0 aromatic heterocycles. The maximum absolute atomic E-state index is 12.8. The van der Waals surface area contributed by atoms with Crippen molar-refractivity contribution < 1.29 is 28.6 Å². The molecule has 0 aliphatic carbocycles. The van der Waals surface area contributed by atoms with E-state index in [-0.39, 0.29) is 31.1 Å². The second kappa shape index (κ2) is 56.0. The Morgan fingerprint density at radius 3 is 0.910 bits per heavy atom. The van der Waals surface area contributed by atoms with Gasteiger partial charge in [-0.25, -0.2) is 0 Å². The van der Waals surface area contributed by atoms with Crippen LogP contribution < -0.4 is 0 Å². The average molecular weight is 940 g/mol. The number of allylic oxidation sites excluding steroid dienone is 8. The molecule has 0 amide bonds. The monoisotopic (exact) mass is 939 g/mol. The van der Waals surface area contributed by atoms with Crippen molar-refractivity contribution in [2.75, 3.05) is 13.2 Å². The summed E-state index contributed by atoms with van der Waals surface area (Å²) in [6, 6.07) is 0. The van der Waals surface area contributed by atoms with E-state index in [0.29, 0.717) is 19.3 Å². The van der Waals surface area contributed by atoms with Gasteiger partial charge in [-0.1, -0.05) is 275 Å². The molecule has 0 heterocycles. The molecule has 0 saturated heterocycles. The molecule has 390 valence electrons. The first kappa shape index (κ1) is 64.4. The van der Waals surface area contributed by atoms with Gasteiger partial charge in [0, 0.05) is 19.3 Å². The van der Waals surface area contributed by atoms with Crippen LogP contribution in [0, 0.1) is 0 Å². The zero-order valence-corrected chi connectivity index (χ0v) is 44.7. The lowest BCUT2D eigenvalue weighted by Gasteiger charge is -2.18. The summed E-state index contributed by atoms with van der Waals surface area (Å²) in [5.41, 5.74) is 0. The van der Waals surface area contributed by atoms with Gasteiger partial charge in [0.15, 0.2) is 6.10 Å². The minimum atomic E-state index is -0.766. The molecule has 6 heteroatoms. The van der Waals surface area contributed by atoms with Crippen molar-refractivity contribution >= 4 is 17.9 Å².